The lowest BCUT2D eigenvalue weighted by Gasteiger charge is -2.38. The highest BCUT2D eigenvalue weighted by Gasteiger charge is 2.30. The average molecular weight is 196 g/mol. The minimum Gasteiger partial charge on any atom is -0.326 e. The Balaban J connectivity index is 1.78. The second-order valence-electron chi connectivity index (χ2n) is 5.45. The highest BCUT2D eigenvalue weighted by molar-refractivity contribution is 4.86. The van der Waals surface area contributed by atoms with Crippen molar-refractivity contribution < 1.29 is 0 Å². The van der Waals surface area contributed by atoms with Crippen LogP contribution in [0.2, 0.25) is 0 Å². The van der Waals surface area contributed by atoms with Crippen molar-refractivity contribution >= 4 is 0 Å². The Morgan fingerprint density at radius 3 is 2.64 bits per heavy atom. The first-order valence-electron chi connectivity index (χ1n) is 6.16. The van der Waals surface area contributed by atoms with Gasteiger partial charge in [0.15, 0.2) is 0 Å². The molecule has 0 aromatic heterocycles. The topological polar surface area (TPSA) is 29.3 Å². The summed E-state index contributed by atoms with van der Waals surface area (Å²) in [4.78, 5) is 2.60. The zero-order valence-corrected chi connectivity index (χ0v) is 9.58. The third kappa shape index (κ3) is 2.48. The highest BCUT2D eigenvalue weighted by atomic mass is 15.2. The van der Waals surface area contributed by atoms with Crippen molar-refractivity contribution in [3.05, 3.63) is 0 Å². The van der Waals surface area contributed by atoms with Crippen molar-refractivity contribution in [2.75, 3.05) is 13.1 Å². The molecule has 1 heterocycles. The Kier molecular flexibility index (Phi) is 3.13. The smallest absolute Gasteiger partial charge is 0.0194 e. The van der Waals surface area contributed by atoms with E-state index in [1.165, 1.54) is 32.2 Å². The summed E-state index contributed by atoms with van der Waals surface area (Å²) in [6.45, 7) is 7.05. The summed E-state index contributed by atoms with van der Waals surface area (Å²) in [7, 11) is 0. The molecule has 2 fully saturated rings. The molecule has 1 saturated heterocycles. The molecule has 0 amide bonds. The van der Waals surface area contributed by atoms with Crippen LogP contribution < -0.4 is 5.73 Å². The zero-order valence-electron chi connectivity index (χ0n) is 9.58. The highest BCUT2D eigenvalue weighted by Crippen LogP contribution is 2.35. The second kappa shape index (κ2) is 4.19. The molecule has 1 aliphatic carbocycles. The fraction of sp³-hybridized carbons (Fsp3) is 1.00. The van der Waals surface area contributed by atoms with Crippen LogP contribution in [0, 0.1) is 11.8 Å². The first kappa shape index (κ1) is 10.4. The summed E-state index contributed by atoms with van der Waals surface area (Å²) in [6.07, 6.45) is 5.64. The summed E-state index contributed by atoms with van der Waals surface area (Å²) in [5.74, 6) is 1.76. The van der Waals surface area contributed by atoms with Gasteiger partial charge in [-0.15, -0.1) is 0 Å². The molecular formula is C12H24N2. The van der Waals surface area contributed by atoms with Crippen molar-refractivity contribution in [2.45, 2.75) is 51.6 Å². The van der Waals surface area contributed by atoms with Crippen molar-refractivity contribution in [3.63, 3.8) is 0 Å². The third-order valence-electron chi connectivity index (χ3n) is 4.04. The van der Waals surface area contributed by atoms with E-state index in [2.05, 4.69) is 18.7 Å². The standard InChI is InChI=1S/C12H24N2/c1-9-5-6-14(8-12(9)13)10(2)7-11-3-4-11/h9-12H,3-8,13H2,1-2H3. The molecule has 0 aromatic rings. The Morgan fingerprint density at radius 1 is 1.36 bits per heavy atom. The molecule has 2 rings (SSSR count). The molecule has 0 bridgehead atoms. The van der Waals surface area contributed by atoms with Crippen LogP contribution in [-0.4, -0.2) is 30.1 Å². The monoisotopic (exact) mass is 196 g/mol. The van der Waals surface area contributed by atoms with Crippen LogP contribution >= 0.6 is 0 Å². The SMILES string of the molecule is CC1CCN(C(C)CC2CC2)CC1N. The van der Waals surface area contributed by atoms with Gasteiger partial charge in [-0.1, -0.05) is 19.8 Å². The van der Waals surface area contributed by atoms with Gasteiger partial charge in [-0.25, -0.2) is 0 Å². The molecular weight excluding hydrogens is 172 g/mol. The predicted molar refractivity (Wildman–Crippen MR) is 60.1 cm³/mol. The molecule has 2 aliphatic rings. The maximum absolute atomic E-state index is 6.11. The van der Waals surface area contributed by atoms with Crippen LogP contribution in [0.1, 0.15) is 39.5 Å². The van der Waals surface area contributed by atoms with Crippen LogP contribution in [0.5, 0.6) is 0 Å². The van der Waals surface area contributed by atoms with Gasteiger partial charge in [0.2, 0.25) is 0 Å². The molecule has 2 nitrogen and oxygen atoms in total. The molecule has 0 spiro atoms. The van der Waals surface area contributed by atoms with Gasteiger partial charge in [-0.05, 0) is 38.1 Å². The molecule has 1 saturated carbocycles. The van der Waals surface area contributed by atoms with E-state index in [1.807, 2.05) is 0 Å². The molecule has 3 atom stereocenters. The van der Waals surface area contributed by atoms with E-state index in [4.69, 9.17) is 5.73 Å². The molecule has 0 radical (unpaired) electrons. The molecule has 0 aromatic carbocycles. The van der Waals surface area contributed by atoms with E-state index in [1.54, 1.807) is 0 Å². The summed E-state index contributed by atoms with van der Waals surface area (Å²) >= 11 is 0. The predicted octanol–water partition coefficient (Wildman–Crippen LogP) is 1.84. The van der Waals surface area contributed by atoms with Gasteiger partial charge in [0, 0.05) is 18.6 Å². The first-order chi connectivity index (χ1) is 6.66. The van der Waals surface area contributed by atoms with Crippen molar-refractivity contribution in [1.29, 1.82) is 0 Å². The van der Waals surface area contributed by atoms with Crippen molar-refractivity contribution in [2.24, 2.45) is 17.6 Å². The molecule has 1 aliphatic heterocycles. The Hall–Kier alpha value is -0.0800. The van der Waals surface area contributed by atoms with E-state index in [-0.39, 0.29) is 0 Å². The number of likely N-dealkylation sites (tertiary alicyclic amines) is 1. The summed E-state index contributed by atoms with van der Waals surface area (Å²) in [5.41, 5.74) is 6.11. The van der Waals surface area contributed by atoms with Gasteiger partial charge in [0.05, 0.1) is 0 Å². The lowest BCUT2D eigenvalue weighted by Crippen LogP contribution is -2.50. The lowest BCUT2D eigenvalue weighted by molar-refractivity contribution is 0.120. The van der Waals surface area contributed by atoms with Gasteiger partial charge < -0.3 is 5.73 Å². The van der Waals surface area contributed by atoms with Crippen LogP contribution in [0.15, 0.2) is 0 Å². The number of piperidine rings is 1. The zero-order chi connectivity index (χ0) is 10.1. The Labute approximate surface area is 87.8 Å². The van der Waals surface area contributed by atoms with Gasteiger partial charge in [0.1, 0.15) is 0 Å². The largest absolute Gasteiger partial charge is 0.326 e. The van der Waals surface area contributed by atoms with Gasteiger partial charge in [0.25, 0.3) is 0 Å². The van der Waals surface area contributed by atoms with E-state index < -0.39 is 0 Å². The van der Waals surface area contributed by atoms with E-state index in [9.17, 15) is 0 Å². The van der Waals surface area contributed by atoms with Gasteiger partial charge in [-0.2, -0.15) is 0 Å². The number of nitrogens with two attached hydrogens (primary N) is 1. The van der Waals surface area contributed by atoms with E-state index >= 15 is 0 Å². The van der Waals surface area contributed by atoms with Crippen LogP contribution in [0.25, 0.3) is 0 Å². The number of rotatable bonds is 3. The summed E-state index contributed by atoms with van der Waals surface area (Å²) in [5, 5.41) is 0. The average Bonchev–Trinajstić information content (AvgIpc) is 2.93. The lowest BCUT2D eigenvalue weighted by atomic mass is 9.93. The van der Waals surface area contributed by atoms with E-state index in [0.717, 1.165) is 24.4 Å². The summed E-state index contributed by atoms with van der Waals surface area (Å²) < 4.78 is 0. The molecule has 2 N–H and O–H groups in total. The quantitative estimate of drug-likeness (QED) is 0.746. The van der Waals surface area contributed by atoms with Crippen LogP contribution in [-0.2, 0) is 0 Å². The number of nitrogens with zero attached hydrogens (tertiary/aromatic N) is 1. The maximum atomic E-state index is 6.11. The maximum Gasteiger partial charge on any atom is 0.0194 e. The van der Waals surface area contributed by atoms with Gasteiger partial charge >= 0.3 is 0 Å². The Morgan fingerprint density at radius 2 is 2.07 bits per heavy atom. The molecule has 14 heavy (non-hydrogen) atoms. The summed E-state index contributed by atoms with van der Waals surface area (Å²) in [6, 6.07) is 1.17. The first-order valence-corrected chi connectivity index (χ1v) is 6.16. The van der Waals surface area contributed by atoms with Crippen LogP contribution in [0.3, 0.4) is 0 Å². The minimum atomic E-state index is 0.408. The fourth-order valence-corrected chi connectivity index (χ4v) is 2.51. The van der Waals surface area contributed by atoms with Crippen molar-refractivity contribution in [3.8, 4) is 0 Å². The molecule has 82 valence electrons. The second-order valence-corrected chi connectivity index (χ2v) is 5.45. The molecule has 2 heteroatoms. The molecule has 3 unspecified atom stereocenters. The van der Waals surface area contributed by atoms with E-state index in [0.29, 0.717) is 6.04 Å². The van der Waals surface area contributed by atoms with Crippen molar-refractivity contribution in [1.82, 2.24) is 4.90 Å². The van der Waals surface area contributed by atoms with Gasteiger partial charge in [-0.3, -0.25) is 4.90 Å². The normalized spacial score (nSPS) is 37.1. The fourth-order valence-electron chi connectivity index (χ4n) is 2.51. The third-order valence-corrected chi connectivity index (χ3v) is 4.04. The Bertz CT molecular complexity index is 189. The number of hydrogen-bond acceptors (Lipinski definition) is 2. The van der Waals surface area contributed by atoms with Crippen LogP contribution in [0.4, 0.5) is 0 Å². The number of hydrogen-bond donors (Lipinski definition) is 1. The minimum absolute atomic E-state index is 0.408.